The van der Waals surface area contributed by atoms with Crippen LogP contribution in [0.4, 0.5) is 0 Å². The molecule has 0 atom stereocenters. The molecule has 0 bridgehead atoms. The Labute approximate surface area is 307 Å². The van der Waals surface area contributed by atoms with Gasteiger partial charge in [-0.2, -0.15) is 0 Å². The van der Waals surface area contributed by atoms with Crippen LogP contribution in [0.1, 0.15) is 36.0 Å². The first-order chi connectivity index (χ1) is 26.5. The lowest BCUT2D eigenvalue weighted by atomic mass is 9.88. The maximum atomic E-state index is 8.25. The highest BCUT2D eigenvalue weighted by atomic mass is 16.5. The van der Waals surface area contributed by atoms with Crippen molar-refractivity contribution in [3.05, 3.63) is 169 Å². The number of para-hydroxylation sites is 3. The molecule has 0 spiro atoms. The first-order valence-corrected chi connectivity index (χ1v) is 17.3. The molecular formula is C46H37N5O. The molecule has 9 rings (SSSR count). The average molecular weight is 679 g/mol. The second-order valence-corrected chi connectivity index (χ2v) is 14.0. The highest BCUT2D eigenvalue weighted by Crippen LogP contribution is 2.36. The van der Waals surface area contributed by atoms with Gasteiger partial charge in [0.1, 0.15) is 17.3 Å². The Balaban J connectivity index is 1.12. The third-order valence-electron chi connectivity index (χ3n) is 9.51. The van der Waals surface area contributed by atoms with Crippen molar-refractivity contribution in [1.82, 2.24) is 19.1 Å². The minimum absolute atomic E-state index is 0.0294. The summed E-state index contributed by atoms with van der Waals surface area (Å²) in [5.74, 6) is 2.73. The predicted octanol–water partition coefficient (Wildman–Crippen LogP) is 10.7. The van der Waals surface area contributed by atoms with E-state index >= 15 is 0 Å². The molecule has 9 aromatic rings. The topological polar surface area (TPSA) is 48.8 Å². The van der Waals surface area contributed by atoms with Crippen LogP contribution < -0.4 is 9.30 Å². The minimum atomic E-state index is -2.30. The second kappa shape index (κ2) is 12.4. The van der Waals surface area contributed by atoms with E-state index < -0.39 is 6.85 Å². The van der Waals surface area contributed by atoms with Crippen LogP contribution in [0.5, 0.6) is 11.5 Å². The average Bonchev–Trinajstić information content (AvgIpc) is 3.74. The molecule has 0 N–H and O–H groups in total. The molecule has 4 heterocycles. The Kier molecular flexibility index (Phi) is 6.70. The van der Waals surface area contributed by atoms with Gasteiger partial charge in [0.15, 0.2) is 5.82 Å². The summed E-state index contributed by atoms with van der Waals surface area (Å²) in [6.45, 7) is 4.33. The number of rotatable bonds is 6. The third kappa shape index (κ3) is 5.59. The molecule has 0 radical (unpaired) electrons. The quantitative estimate of drug-likeness (QED) is 0.130. The van der Waals surface area contributed by atoms with Gasteiger partial charge < -0.3 is 4.74 Å². The summed E-state index contributed by atoms with van der Waals surface area (Å²) in [5, 5.41) is 2.25. The minimum Gasteiger partial charge on any atom is -0.458 e. The summed E-state index contributed by atoms with van der Waals surface area (Å²) in [6.07, 6.45) is 7.07. The summed E-state index contributed by atoms with van der Waals surface area (Å²) in [7, 11) is 0. The molecule has 0 unspecified atom stereocenters. The lowest BCUT2D eigenvalue weighted by Crippen LogP contribution is -2.29. The molecule has 0 aliphatic rings. The highest BCUT2D eigenvalue weighted by molar-refractivity contribution is 6.09. The molecule has 0 aliphatic heterocycles. The van der Waals surface area contributed by atoms with Crippen LogP contribution in [0.25, 0.3) is 61.3 Å². The molecule has 0 aliphatic carbocycles. The zero-order chi connectivity index (χ0) is 37.9. The van der Waals surface area contributed by atoms with Gasteiger partial charge in [0.2, 0.25) is 0 Å². The summed E-state index contributed by atoms with van der Waals surface area (Å²) in [5.41, 5.74) is 7.61. The number of hydrogen-bond acceptors (Lipinski definition) is 3. The van der Waals surface area contributed by atoms with Crippen molar-refractivity contribution in [3.63, 3.8) is 0 Å². The number of ether oxygens (including phenoxy) is 1. The smallest absolute Gasteiger partial charge is 0.271 e. The van der Waals surface area contributed by atoms with Crippen molar-refractivity contribution >= 4 is 32.8 Å². The van der Waals surface area contributed by atoms with Crippen molar-refractivity contribution < 1.29 is 13.4 Å². The molecule has 6 heteroatoms. The fourth-order valence-corrected chi connectivity index (χ4v) is 6.95. The maximum Gasteiger partial charge on any atom is 0.271 e. The molecule has 252 valence electrons. The summed E-state index contributed by atoms with van der Waals surface area (Å²) >= 11 is 0. The number of pyridine rings is 2. The van der Waals surface area contributed by atoms with E-state index in [1.807, 2.05) is 94.2 Å². The Morgan fingerprint density at radius 3 is 2.21 bits per heavy atom. The molecular weight excluding hydrogens is 639 g/mol. The number of benzene rings is 5. The molecule has 5 aromatic carbocycles. The normalized spacial score (nSPS) is 12.9. The van der Waals surface area contributed by atoms with Crippen molar-refractivity contribution in [1.29, 1.82) is 0 Å². The van der Waals surface area contributed by atoms with E-state index in [4.69, 9.17) is 18.8 Å². The monoisotopic (exact) mass is 678 g/mol. The van der Waals surface area contributed by atoms with Gasteiger partial charge in [-0.05, 0) is 77.5 Å². The van der Waals surface area contributed by atoms with Crippen molar-refractivity contribution in [2.45, 2.75) is 33.0 Å². The van der Waals surface area contributed by atoms with E-state index in [-0.39, 0.29) is 11.0 Å². The Hall–Kier alpha value is -6.53. The Bertz CT molecular complexity index is 2890. The second-order valence-electron chi connectivity index (χ2n) is 14.0. The summed E-state index contributed by atoms with van der Waals surface area (Å²) in [4.78, 5) is 9.54. The van der Waals surface area contributed by atoms with Crippen LogP contribution in [0.15, 0.2) is 152 Å². The first-order valence-electron chi connectivity index (χ1n) is 18.8. The van der Waals surface area contributed by atoms with Gasteiger partial charge >= 0.3 is 0 Å². The van der Waals surface area contributed by atoms with Gasteiger partial charge in [-0.15, -0.1) is 0 Å². The number of aryl methyl sites for hydroxylation is 1. The molecule has 0 amide bonds. The summed E-state index contributed by atoms with van der Waals surface area (Å²) in [6, 6.07) is 45.7. The van der Waals surface area contributed by atoms with Crippen LogP contribution in [0, 0.1) is 13.2 Å². The number of fused-ring (bicyclic) bond motifs is 4. The Morgan fingerprint density at radius 2 is 1.37 bits per heavy atom. The van der Waals surface area contributed by atoms with E-state index in [1.165, 1.54) is 5.56 Å². The standard InChI is InChI=1S/C46H37N5O/c1-31-24-33(32-12-6-5-7-13-32)26-35(25-31)49-30-50(42-17-11-10-16-41(42)49)44-29-37(21-23-47-44)52-36-18-19-39-38-14-8-9-15-40(38)51(43(39)28-36)45-27-34(20-22-48-45)46(2,3)4/h5-29H,1-4H3/i1D3. The number of imidazole rings is 1. The van der Waals surface area contributed by atoms with Crippen LogP contribution >= 0.6 is 0 Å². The fourth-order valence-electron chi connectivity index (χ4n) is 6.95. The van der Waals surface area contributed by atoms with E-state index in [0.29, 0.717) is 23.0 Å². The van der Waals surface area contributed by atoms with Gasteiger partial charge in [-0.1, -0.05) is 105 Å². The zero-order valence-electron chi connectivity index (χ0n) is 32.1. The predicted molar refractivity (Wildman–Crippen MR) is 209 cm³/mol. The van der Waals surface area contributed by atoms with E-state index in [9.17, 15) is 0 Å². The van der Waals surface area contributed by atoms with Gasteiger partial charge in [-0.25, -0.2) is 4.98 Å². The van der Waals surface area contributed by atoms with Crippen LogP contribution in [-0.4, -0.2) is 19.1 Å². The third-order valence-corrected chi connectivity index (χ3v) is 9.51. The molecule has 0 saturated heterocycles. The summed E-state index contributed by atoms with van der Waals surface area (Å²) < 4.78 is 37.3. The molecule has 0 fully saturated rings. The Morgan fingerprint density at radius 1 is 0.635 bits per heavy atom. The van der Waals surface area contributed by atoms with Crippen LogP contribution in [-0.2, 0) is 5.41 Å². The van der Waals surface area contributed by atoms with Gasteiger partial charge in [0.05, 0.1) is 27.8 Å². The number of nitrogens with zero attached hydrogens (tertiary/aromatic N) is 5. The zero-order valence-corrected chi connectivity index (χ0v) is 29.1. The molecule has 4 aromatic heterocycles. The van der Waals surface area contributed by atoms with Crippen LogP contribution in [0.2, 0.25) is 0 Å². The van der Waals surface area contributed by atoms with Crippen LogP contribution in [0.3, 0.4) is 0 Å². The van der Waals surface area contributed by atoms with Crippen molar-refractivity contribution in [2.24, 2.45) is 0 Å². The van der Waals surface area contributed by atoms with Gasteiger partial charge in [0.25, 0.3) is 6.33 Å². The first kappa shape index (κ1) is 28.2. The number of hydrogen-bond donors (Lipinski definition) is 0. The maximum absolute atomic E-state index is 8.25. The largest absolute Gasteiger partial charge is 0.458 e. The SMILES string of the molecule is [2H]C([2H])([2H])c1cc(-c2ccccc2)cc(-[n+]2[c-]n(-c3cc(Oc4ccc5c6ccccc6n(-c6cc(C(C)(C)C)ccn6)c5c4)ccn3)c3ccccc32)c1. The van der Waals surface area contributed by atoms with E-state index in [0.717, 1.165) is 49.8 Å². The van der Waals surface area contributed by atoms with Crippen molar-refractivity contribution in [3.8, 4) is 39.9 Å². The molecule has 0 saturated carbocycles. The highest BCUT2D eigenvalue weighted by Gasteiger charge is 2.19. The van der Waals surface area contributed by atoms with Gasteiger partial charge in [0, 0.05) is 39.4 Å². The number of aromatic nitrogens is 5. The van der Waals surface area contributed by atoms with Gasteiger partial charge in [-0.3, -0.25) is 18.7 Å². The molecule has 52 heavy (non-hydrogen) atoms. The fraction of sp³-hybridized carbons (Fsp3) is 0.109. The molecule has 6 nitrogen and oxygen atoms in total. The van der Waals surface area contributed by atoms with Crippen molar-refractivity contribution in [2.75, 3.05) is 0 Å². The van der Waals surface area contributed by atoms with E-state index in [1.54, 1.807) is 18.3 Å². The lowest BCUT2D eigenvalue weighted by Gasteiger charge is -2.20. The van der Waals surface area contributed by atoms with E-state index in [2.05, 4.69) is 80.2 Å². The lowest BCUT2D eigenvalue weighted by molar-refractivity contribution is -0.572.